The molecule has 2 aliphatic rings. The first-order chi connectivity index (χ1) is 11.7. The Labute approximate surface area is 142 Å². The molecule has 1 aromatic carbocycles. The molecule has 2 heterocycles. The van der Waals surface area contributed by atoms with Crippen molar-refractivity contribution in [2.45, 2.75) is 50.5 Å². The highest BCUT2D eigenvalue weighted by Crippen LogP contribution is 2.36. The molecule has 4 rings (SSSR count). The van der Waals surface area contributed by atoms with Gasteiger partial charge in [-0.1, -0.05) is 17.3 Å². The van der Waals surface area contributed by atoms with Gasteiger partial charge in [-0.3, -0.25) is 0 Å². The van der Waals surface area contributed by atoms with E-state index in [9.17, 15) is 0 Å². The molecule has 24 heavy (non-hydrogen) atoms. The number of aromatic nitrogens is 3. The van der Waals surface area contributed by atoms with E-state index in [0.717, 1.165) is 44.6 Å². The first-order valence-electron chi connectivity index (χ1n) is 8.75. The fraction of sp³-hybridized carbons (Fsp3) is 0.556. The standard InChI is InChI=1S/C18H24N4O2/c1-14(15-2-4-17(5-3-15)22-11-10-19-21-22)20-16-6-8-18(9-7-16)23-12-13-24-18/h2-5,10-11,14,16,20H,6-9,12-13H2,1H3/t14-/m1/s1. The van der Waals surface area contributed by atoms with Crippen LogP contribution in [0.1, 0.15) is 44.2 Å². The lowest BCUT2D eigenvalue weighted by molar-refractivity contribution is -0.179. The number of ether oxygens (including phenoxy) is 2. The van der Waals surface area contributed by atoms with Crippen molar-refractivity contribution in [1.29, 1.82) is 0 Å². The van der Waals surface area contributed by atoms with Crippen LogP contribution in [0.15, 0.2) is 36.7 Å². The third-order valence-electron chi connectivity index (χ3n) is 5.13. The van der Waals surface area contributed by atoms with Gasteiger partial charge in [-0.2, -0.15) is 0 Å². The molecule has 1 aromatic heterocycles. The second kappa shape index (κ2) is 6.63. The van der Waals surface area contributed by atoms with Gasteiger partial charge in [-0.15, -0.1) is 5.10 Å². The predicted octanol–water partition coefficient (Wildman–Crippen LogP) is 2.60. The normalized spacial score (nSPS) is 22.0. The summed E-state index contributed by atoms with van der Waals surface area (Å²) in [7, 11) is 0. The van der Waals surface area contributed by atoms with Crippen molar-refractivity contribution in [3.63, 3.8) is 0 Å². The summed E-state index contributed by atoms with van der Waals surface area (Å²) < 4.78 is 13.4. The summed E-state index contributed by atoms with van der Waals surface area (Å²) >= 11 is 0. The molecular formula is C18H24N4O2. The lowest BCUT2D eigenvalue weighted by atomic mass is 9.89. The van der Waals surface area contributed by atoms with Crippen LogP contribution in [0.3, 0.4) is 0 Å². The van der Waals surface area contributed by atoms with Gasteiger partial charge in [0.15, 0.2) is 5.79 Å². The van der Waals surface area contributed by atoms with E-state index in [0.29, 0.717) is 12.1 Å². The molecule has 0 amide bonds. The van der Waals surface area contributed by atoms with Gasteiger partial charge in [0.05, 0.1) is 31.3 Å². The molecule has 0 bridgehead atoms. The van der Waals surface area contributed by atoms with Crippen LogP contribution in [0.4, 0.5) is 0 Å². The molecule has 1 atom stereocenters. The minimum atomic E-state index is -0.277. The van der Waals surface area contributed by atoms with E-state index in [1.54, 1.807) is 10.9 Å². The van der Waals surface area contributed by atoms with Crippen LogP contribution in [0.25, 0.3) is 5.69 Å². The maximum Gasteiger partial charge on any atom is 0.168 e. The number of nitrogens with one attached hydrogen (secondary N) is 1. The molecule has 1 spiro atoms. The van der Waals surface area contributed by atoms with Crippen molar-refractivity contribution in [3.05, 3.63) is 42.2 Å². The Morgan fingerprint density at radius 1 is 1.17 bits per heavy atom. The van der Waals surface area contributed by atoms with Crippen LogP contribution in [0.5, 0.6) is 0 Å². The van der Waals surface area contributed by atoms with Gasteiger partial charge in [0.25, 0.3) is 0 Å². The maximum atomic E-state index is 5.80. The van der Waals surface area contributed by atoms with Crippen LogP contribution in [-0.4, -0.2) is 40.0 Å². The molecule has 1 saturated carbocycles. The summed E-state index contributed by atoms with van der Waals surface area (Å²) in [6, 6.07) is 9.31. The van der Waals surface area contributed by atoms with Crippen molar-refractivity contribution >= 4 is 0 Å². The van der Waals surface area contributed by atoms with Gasteiger partial charge in [0, 0.05) is 24.9 Å². The van der Waals surface area contributed by atoms with E-state index >= 15 is 0 Å². The molecule has 1 saturated heterocycles. The zero-order valence-corrected chi connectivity index (χ0v) is 14.0. The van der Waals surface area contributed by atoms with E-state index in [-0.39, 0.29) is 5.79 Å². The summed E-state index contributed by atoms with van der Waals surface area (Å²) in [6.45, 7) is 3.71. The molecule has 1 N–H and O–H groups in total. The smallest absolute Gasteiger partial charge is 0.168 e. The highest BCUT2D eigenvalue weighted by molar-refractivity contribution is 5.34. The Morgan fingerprint density at radius 3 is 2.50 bits per heavy atom. The van der Waals surface area contributed by atoms with Gasteiger partial charge in [0.2, 0.25) is 0 Å². The van der Waals surface area contributed by atoms with Crippen LogP contribution in [-0.2, 0) is 9.47 Å². The van der Waals surface area contributed by atoms with E-state index in [1.165, 1.54) is 5.56 Å². The van der Waals surface area contributed by atoms with E-state index in [4.69, 9.17) is 9.47 Å². The molecule has 1 aliphatic carbocycles. The average molecular weight is 328 g/mol. The maximum absolute atomic E-state index is 5.80. The molecule has 1 aliphatic heterocycles. The Morgan fingerprint density at radius 2 is 1.88 bits per heavy atom. The first kappa shape index (κ1) is 15.7. The van der Waals surface area contributed by atoms with Crippen molar-refractivity contribution in [2.24, 2.45) is 0 Å². The molecule has 6 nitrogen and oxygen atoms in total. The van der Waals surface area contributed by atoms with Crippen molar-refractivity contribution in [3.8, 4) is 5.69 Å². The molecule has 2 fully saturated rings. The van der Waals surface area contributed by atoms with Crippen LogP contribution >= 0.6 is 0 Å². The van der Waals surface area contributed by atoms with Gasteiger partial charge in [-0.25, -0.2) is 4.68 Å². The molecule has 0 unspecified atom stereocenters. The summed E-state index contributed by atoms with van der Waals surface area (Å²) in [5.74, 6) is -0.277. The summed E-state index contributed by atoms with van der Waals surface area (Å²) in [5, 5.41) is 11.6. The van der Waals surface area contributed by atoms with Crippen molar-refractivity contribution in [1.82, 2.24) is 20.3 Å². The quantitative estimate of drug-likeness (QED) is 0.935. The average Bonchev–Trinajstić information content (AvgIpc) is 3.30. The van der Waals surface area contributed by atoms with Gasteiger partial charge >= 0.3 is 0 Å². The highest BCUT2D eigenvalue weighted by Gasteiger charge is 2.40. The number of hydrogen-bond acceptors (Lipinski definition) is 5. The minimum absolute atomic E-state index is 0.277. The molecule has 128 valence electrons. The fourth-order valence-electron chi connectivity index (χ4n) is 3.72. The van der Waals surface area contributed by atoms with E-state index < -0.39 is 0 Å². The monoisotopic (exact) mass is 328 g/mol. The molecular weight excluding hydrogens is 304 g/mol. The van der Waals surface area contributed by atoms with Gasteiger partial charge < -0.3 is 14.8 Å². The number of rotatable bonds is 4. The van der Waals surface area contributed by atoms with Gasteiger partial charge in [0.1, 0.15) is 0 Å². The first-order valence-corrected chi connectivity index (χ1v) is 8.75. The van der Waals surface area contributed by atoms with E-state index in [2.05, 4.69) is 46.8 Å². The number of benzene rings is 1. The third kappa shape index (κ3) is 3.22. The topological polar surface area (TPSA) is 61.2 Å². The second-order valence-corrected chi connectivity index (χ2v) is 6.71. The molecule has 0 radical (unpaired) electrons. The lowest BCUT2D eigenvalue weighted by Gasteiger charge is -2.36. The zero-order valence-electron chi connectivity index (χ0n) is 14.0. The second-order valence-electron chi connectivity index (χ2n) is 6.71. The van der Waals surface area contributed by atoms with Crippen molar-refractivity contribution in [2.75, 3.05) is 13.2 Å². The minimum Gasteiger partial charge on any atom is -0.348 e. The fourth-order valence-corrected chi connectivity index (χ4v) is 3.72. The SMILES string of the molecule is C[C@@H](NC1CCC2(CC1)OCCO2)c1ccc(-n2ccnn2)cc1. The number of hydrogen-bond donors (Lipinski definition) is 1. The van der Waals surface area contributed by atoms with Crippen LogP contribution in [0, 0.1) is 0 Å². The summed E-state index contributed by atoms with van der Waals surface area (Å²) in [4.78, 5) is 0. The van der Waals surface area contributed by atoms with Gasteiger partial charge in [-0.05, 0) is 37.5 Å². The lowest BCUT2D eigenvalue weighted by Crippen LogP contribution is -2.42. The van der Waals surface area contributed by atoms with Crippen molar-refractivity contribution < 1.29 is 9.47 Å². The largest absolute Gasteiger partial charge is 0.348 e. The number of nitrogens with zero attached hydrogens (tertiary/aromatic N) is 3. The Bertz CT molecular complexity index is 640. The Kier molecular flexibility index (Phi) is 4.35. The summed E-state index contributed by atoms with van der Waals surface area (Å²) in [6.07, 6.45) is 7.71. The Hall–Kier alpha value is -1.76. The van der Waals surface area contributed by atoms with Crippen LogP contribution < -0.4 is 5.32 Å². The third-order valence-corrected chi connectivity index (χ3v) is 5.13. The molecule has 2 aromatic rings. The van der Waals surface area contributed by atoms with E-state index in [1.807, 2.05) is 6.20 Å². The highest BCUT2D eigenvalue weighted by atomic mass is 16.7. The van der Waals surface area contributed by atoms with Crippen LogP contribution in [0.2, 0.25) is 0 Å². The zero-order chi connectivity index (χ0) is 16.4. The molecule has 6 heteroatoms. The Balaban J connectivity index is 1.34. The summed E-state index contributed by atoms with van der Waals surface area (Å²) in [5.41, 5.74) is 2.31. The predicted molar refractivity (Wildman–Crippen MR) is 89.8 cm³/mol.